The Balaban J connectivity index is 2.19. The first kappa shape index (κ1) is 13.4. The lowest BCUT2D eigenvalue weighted by Crippen LogP contribution is -2.06. The van der Waals surface area contributed by atoms with Crippen LogP contribution in [0.15, 0.2) is 48.5 Å². The summed E-state index contributed by atoms with van der Waals surface area (Å²) in [5.41, 5.74) is 1.80. The van der Waals surface area contributed by atoms with E-state index in [1.165, 1.54) is 6.07 Å². The number of hydrogen-bond acceptors (Lipinski definition) is 3. The van der Waals surface area contributed by atoms with Crippen LogP contribution in [-0.4, -0.2) is 20.7 Å². The van der Waals surface area contributed by atoms with Gasteiger partial charge in [0, 0.05) is 17.0 Å². The molecular formula is C17H16N2O2. The van der Waals surface area contributed by atoms with Crippen LogP contribution in [0.2, 0.25) is 0 Å². The predicted octanol–water partition coefficient (Wildman–Crippen LogP) is 3.55. The van der Waals surface area contributed by atoms with E-state index in [1.807, 2.05) is 42.8 Å². The summed E-state index contributed by atoms with van der Waals surface area (Å²) in [6.45, 7) is 4.06. The number of phenolic OH excluding ortho intramolecular Hbond substituents is 1. The highest BCUT2D eigenvalue weighted by atomic mass is 16.3. The summed E-state index contributed by atoms with van der Waals surface area (Å²) in [4.78, 5) is 12.7. The van der Waals surface area contributed by atoms with Gasteiger partial charge < -0.3 is 5.11 Å². The maximum atomic E-state index is 12.7. The summed E-state index contributed by atoms with van der Waals surface area (Å²) in [5.74, 6) is -0.102. The molecule has 0 aliphatic rings. The molecule has 0 atom stereocenters. The number of carbonyl (C=O) groups is 1. The van der Waals surface area contributed by atoms with Crippen LogP contribution in [-0.2, 0) is 0 Å². The molecular weight excluding hydrogens is 264 g/mol. The van der Waals surface area contributed by atoms with E-state index >= 15 is 0 Å². The first-order valence-electron chi connectivity index (χ1n) is 6.89. The highest BCUT2D eigenvalue weighted by Gasteiger charge is 2.19. The number of fused-ring (bicyclic) bond motifs is 1. The van der Waals surface area contributed by atoms with Crippen LogP contribution in [0.1, 0.15) is 35.9 Å². The van der Waals surface area contributed by atoms with Gasteiger partial charge in [-0.2, -0.15) is 5.10 Å². The number of aromatic nitrogens is 2. The zero-order valence-electron chi connectivity index (χ0n) is 11.9. The standard InChI is InChI=1S/C17H16N2O2/c1-11(2)19-15-9-4-3-8-14(15)16(18-19)17(21)12-6-5-7-13(20)10-12/h3-11,20H,1-2H3. The summed E-state index contributed by atoms with van der Waals surface area (Å²) in [6, 6.07) is 14.2. The first-order chi connectivity index (χ1) is 10.1. The second kappa shape index (κ2) is 5.05. The van der Waals surface area contributed by atoms with E-state index in [0.29, 0.717) is 11.3 Å². The quantitative estimate of drug-likeness (QED) is 0.746. The lowest BCUT2D eigenvalue weighted by molar-refractivity contribution is 0.103. The van der Waals surface area contributed by atoms with Crippen LogP contribution in [0.5, 0.6) is 5.75 Å². The Morgan fingerprint density at radius 2 is 1.90 bits per heavy atom. The van der Waals surface area contributed by atoms with Gasteiger partial charge in [-0.1, -0.05) is 30.3 Å². The molecule has 106 valence electrons. The monoisotopic (exact) mass is 280 g/mol. The van der Waals surface area contributed by atoms with Crippen LogP contribution in [0.25, 0.3) is 10.9 Å². The Hall–Kier alpha value is -2.62. The predicted molar refractivity (Wildman–Crippen MR) is 81.7 cm³/mol. The third-order valence-corrected chi connectivity index (χ3v) is 3.43. The normalized spacial score (nSPS) is 11.2. The molecule has 1 heterocycles. The first-order valence-corrected chi connectivity index (χ1v) is 6.89. The highest BCUT2D eigenvalue weighted by molar-refractivity contribution is 6.15. The molecule has 1 aromatic heterocycles. The molecule has 0 amide bonds. The fourth-order valence-electron chi connectivity index (χ4n) is 2.43. The maximum Gasteiger partial charge on any atom is 0.214 e. The minimum atomic E-state index is -0.179. The molecule has 1 N–H and O–H groups in total. The number of benzene rings is 2. The molecule has 0 radical (unpaired) electrons. The van der Waals surface area contributed by atoms with Gasteiger partial charge in [-0.05, 0) is 32.0 Å². The number of hydrogen-bond donors (Lipinski definition) is 1. The number of aromatic hydroxyl groups is 1. The van der Waals surface area contributed by atoms with Crippen LogP contribution < -0.4 is 0 Å². The molecule has 0 saturated heterocycles. The largest absolute Gasteiger partial charge is 0.508 e. The second-order valence-electron chi connectivity index (χ2n) is 5.28. The van der Waals surface area contributed by atoms with Crippen molar-refractivity contribution >= 4 is 16.7 Å². The van der Waals surface area contributed by atoms with Gasteiger partial charge in [0.1, 0.15) is 11.4 Å². The van der Waals surface area contributed by atoms with Crippen molar-refractivity contribution in [1.82, 2.24) is 9.78 Å². The second-order valence-corrected chi connectivity index (χ2v) is 5.28. The summed E-state index contributed by atoms with van der Waals surface area (Å²) >= 11 is 0. The van der Waals surface area contributed by atoms with Crippen LogP contribution >= 0.6 is 0 Å². The fraction of sp³-hybridized carbons (Fsp3) is 0.176. The van der Waals surface area contributed by atoms with E-state index in [9.17, 15) is 9.90 Å². The molecule has 0 bridgehead atoms. The van der Waals surface area contributed by atoms with Crippen LogP contribution in [0.3, 0.4) is 0 Å². The molecule has 0 unspecified atom stereocenters. The third kappa shape index (κ3) is 2.29. The third-order valence-electron chi connectivity index (χ3n) is 3.43. The smallest absolute Gasteiger partial charge is 0.214 e. The van der Waals surface area contributed by atoms with Crippen LogP contribution in [0, 0.1) is 0 Å². The van der Waals surface area contributed by atoms with Crippen molar-refractivity contribution in [2.24, 2.45) is 0 Å². The van der Waals surface area contributed by atoms with Crippen molar-refractivity contribution in [1.29, 1.82) is 0 Å². The van der Waals surface area contributed by atoms with Crippen LogP contribution in [0.4, 0.5) is 0 Å². The molecule has 0 aliphatic carbocycles. The minimum Gasteiger partial charge on any atom is -0.508 e. The van der Waals surface area contributed by atoms with Gasteiger partial charge in [-0.15, -0.1) is 0 Å². The highest BCUT2D eigenvalue weighted by Crippen LogP contribution is 2.24. The van der Waals surface area contributed by atoms with E-state index in [2.05, 4.69) is 5.10 Å². The van der Waals surface area contributed by atoms with Crippen molar-refractivity contribution in [3.05, 3.63) is 59.8 Å². The number of nitrogens with zero attached hydrogens (tertiary/aromatic N) is 2. The summed E-state index contributed by atoms with van der Waals surface area (Å²) in [6.07, 6.45) is 0. The number of para-hydroxylation sites is 1. The Morgan fingerprint density at radius 1 is 1.14 bits per heavy atom. The molecule has 4 heteroatoms. The van der Waals surface area contributed by atoms with Gasteiger partial charge in [0.15, 0.2) is 0 Å². The molecule has 0 aliphatic heterocycles. The lowest BCUT2D eigenvalue weighted by Gasteiger charge is -2.06. The van der Waals surface area contributed by atoms with Gasteiger partial charge in [-0.25, -0.2) is 0 Å². The molecule has 0 fully saturated rings. The zero-order valence-corrected chi connectivity index (χ0v) is 11.9. The number of carbonyl (C=O) groups excluding carboxylic acids is 1. The van der Waals surface area contributed by atoms with Gasteiger partial charge >= 0.3 is 0 Å². The fourth-order valence-corrected chi connectivity index (χ4v) is 2.43. The van der Waals surface area contributed by atoms with Gasteiger partial charge in [0.05, 0.1) is 5.52 Å². The Labute approximate surface area is 122 Å². The Morgan fingerprint density at radius 3 is 2.62 bits per heavy atom. The zero-order chi connectivity index (χ0) is 15.0. The van der Waals surface area contributed by atoms with E-state index in [-0.39, 0.29) is 17.6 Å². The van der Waals surface area contributed by atoms with Gasteiger partial charge in [-0.3, -0.25) is 9.48 Å². The summed E-state index contributed by atoms with van der Waals surface area (Å²) in [5, 5.41) is 14.9. The Kier molecular flexibility index (Phi) is 3.22. The molecule has 4 nitrogen and oxygen atoms in total. The average molecular weight is 280 g/mol. The number of ketones is 1. The average Bonchev–Trinajstić information content (AvgIpc) is 2.86. The number of rotatable bonds is 3. The topological polar surface area (TPSA) is 55.1 Å². The number of phenols is 1. The molecule has 0 spiro atoms. The maximum absolute atomic E-state index is 12.7. The molecule has 3 aromatic rings. The summed E-state index contributed by atoms with van der Waals surface area (Å²) in [7, 11) is 0. The van der Waals surface area contributed by atoms with Crippen molar-refractivity contribution in [3.8, 4) is 5.75 Å². The molecule has 21 heavy (non-hydrogen) atoms. The summed E-state index contributed by atoms with van der Waals surface area (Å²) < 4.78 is 1.85. The van der Waals surface area contributed by atoms with E-state index in [0.717, 1.165) is 10.9 Å². The van der Waals surface area contributed by atoms with Crippen molar-refractivity contribution in [2.45, 2.75) is 19.9 Å². The van der Waals surface area contributed by atoms with Gasteiger partial charge in [0.2, 0.25) is 5.78 Å². The lowest BCUT2D eigenvalue weighted by atomic mass is 10.1. The van der Waals surface area contributed by atoms with E-state index < -0.39 is 0 Å². The Bertz CT molecular complexity index is 819. The molecule has 3 rings (SSSR count). The minimum absolute atomic E-state index is 0.0773. The van der Waals surface area contributed by atoms with Crippen molar-refractivity contribution in [3.63, 3.8) is 0 Å². The molecule has 2 aromatic carbocycles. The van der Waals surface area contributed by atoms with Crippen molar-refractivity contribution < 1.29 is 9.90 Å². The van der Waals surface area contributed by atoms with E-state index in [4.69, 9.17) is 0 Å². The van der Waals surface area contributed by atoms with E-state index in [1.54, 1.807) is 18.2 Å². The van der Waals surface area contributed by atoms with Gasteiger partial charge in [0.25, 0.3) is 0 Å². The molecule has 0 saturated carbocycles. The van der Waals surface area contributed by atoms with Crippen molar-refractivity contribution in [2.75, 3.05) is 0 Å². The SMILES string of the molecule is CC(C)n1nc(C(=O)c2cccc(O)c2)c2ccccc21.